The van der Waals surface area contributed by atoms with E-state index < -0.39 is 5.82 Å². The molecule has 2 heterocycles. The minimum absolute atomic E-state index is 0.123. The summed E-state index contributed by atoms with van der Waals surface area (Å²) in [5.74, 6) is -0.177. The second-order valence-electron chi connectivity index (χ2n) is 8.08. The maximum Gasteiger partial charge on any atom is 0.256 e. The molecule has 0 unspecified atom stereocenters. The molecule has 0 atom stereocenters. The number of halogens is 1. The zero-order chi connectivity index (χ0) is 20.4. The van der Waals surface area contributed by atoms with Gasteiger partial charge in [0.05, 0.1) is 17.5 Å². The molecule has 1 fully saturated rings. The molecule has 0 aliphatic carbocycles. The zero-order valence-electron chi connectivity index (χ0n) is 16.7. The highest BCUT2D eigenvalue weighted by Gasteiger charge is 2.32. The summed E-state index contributed by atoms with van der Waals surface area (Å²) in [6.45, 7) is 6.45. The van der Waals surface area contributed by atoms with Crippen molar-refractivity contribution in [2.75, 3.05) is 19.6 Å². The summed E-state index contributed by atoms with van der Waals surface area (Å²) in [5, 5.41) is 13.8. The van der Waals surface area contributed by atoms with Crippen molar-refractivity contribution >= 4 is 16.7 Å². The molecule has 1 N–H and O–H groups in total. The molecule has 1 saturated heterocycles. The van der Waals surface area contributed by atoms with Crippen LogP contribution in [0, 0.1) is 11.7 Å². The van der Waals surface area contributed by atoms with Gasteiger partial charge in [-0.15, -0.1) is 0 Å². The average Bonchev–Trinajstić information content (AvgIpc) is 2.68. The summed E-state index contributed by atoms with van der Waals surface area (Å²) < 4.78 is 14.4. The molecule has 1 aliphatic rings. The molecular formula is C23H25FN4O. The monoisotopic (exact) mass is 392 g/mol. The van der Waals surface area contributed by atoms with E-state index in [-0.39, 0.29) is 11.5 Å². The van der Waals surface area contributed by atoms with Gasteiger partial charge in [0.2, 0.25) is 0 Å². The van der Waals surface area contributed by atoms with E-state index in [4.69, 9.17) is 0 Å². The van der Waals surface area contributed by atoms with E-state index in [2.05, 4.69) is 29.4 Å². The van der Waals surface area contributed by atoms with Crippen LogP contribution >= 0.6 is 0 Å². The molecule has 0 radical (unpaired) electrons. The fourth-order valence-electron chi connectivity index (χ4n) is 3.60. The van der Waals surface area contributed by atoms with Crippen LogP contribution in [0.3, 0.4) is 0 Å². The Morgan fingerprint density at radius 3 is 2.83 bits per heavy atom. The number of rotatable bonds is 6. The number of carbonyl (C=O) groups is 1. The second kappa shape index (κ2) is 8.25. The molecule has 1 aliphatic heterocycles. The van der Waals surface area contributed by atoms with Crippen molar-refractivity contribution in [2.24, 2.45) is 5.92 Å². The van der Waals surface area contributed by atoms with Crippen LogP contribution in [0.5, 0.6) is 0 Å². The fourth-order valence-corrected chi connectivity index (χ4v) is 3.60. The molecule has 1 aromatic heterocycles. The number of likely N-dealkylation sites (tertiary alicyclic amines) is 1. The molecule has 6 heteroatoms. The summed E-state index contributed by atoms with van der Waals surface area (Å²) in [5.41, 5.74) is 1.78. The van der Waals surface area contributed by atoms with Crippen molar-refractivity contribution in [3.63, 3.8) is 0 Å². The van der Waals surface area contributed by atoms with E-state index in [1.165, 1.54) is 6.07 Å². The molecule has 5 nitrogen and oxygen atoms in total. The van der Waals surface area contributed by atoms with Crippen molar-refractivity contribution in [3.05, 3.63) is 71.3 Å². The van der Waals surface area contributed by atoms with Crippen molar-refractivity contribution < 1.29 is 9.18 Å². The number of hydrogen-bond donors (Lipinski definition) is 1. The van der Waals surface area contributed by atoms with Gasteiger partial charge < -0.3 is 10.2 Å². The molecule has 4 rings (SSSR count). The molecule has 0 bridgehead atoms. The number of aromatic nitrogens is 2. The third-order valence-electron chi connectivity index (χ3n) is 5.26. The summed E-state index contributed by atoms with van der Waals surface area (Å²) in [6.07, 6.45) is 2.22. The normalized spacial score (nSPS) is 14.4. The van der Waals surface area contributed by atoms with E-state index in [0.29, 0.717) is 31.5 Å². The van der Waals surface area contributed by atoms with Crippen LogP contribution in [-0.2, 0) is 6.42 Å². The average molecular weight is 392 g/mol. The molecule has 29 heavy (non-hydrogen) atoms. The molecule has 0 saturated carbocycles. The largest absolute Gasteiger partial charge is 0.335 e. The molecule has 0 spiro atoms. The van der Waals surface area contributed by atoms with Gasteiger partial charge in [-0.3, -0.25) is 4.79 Å². The van der Waals surface area contributed by atoms with Gasteiger partial charge in [0, 0.05) is 36.3 Å². The van der Waals surface area contributed by atoms with Crippen molar-refractivity contribution in [3.8, 4) is 0 Å². The zero-order valence-corrected chi connectivity index (χ0v) is 16.7. The Morgan fingerprint density at radius 2 is 2.03 bits per heavy atom. The highest BCUT2D eigenvalue weighted by Crippen LogP contribution is 2.22. The van der Waals surface area contributed by atoms with E-state index >= 15 is 0 Å². The molecule has 1 amide bonds. The Balaban J connectivity index is 1.49. The maximum atomic E-state index is 14.4. The van der Waals surface area contributed by atoms with Crippen molar-refractivity contribution in [2.45, 2.75) is 26.3 Å². The first-order valence-electron chi connectivity index (χ1n) is 10.0. The van der Waals surface area contributed by atoms with E-state index in [1.807, 2.05) is 24.3 Å². The first kappa shape index (κ1) is 19.5. The van der Waals surface area contributed by atoms with Crippen molar-refractivity contribution in [1.82, 2.24) is 20.4 Å². The minimum atomic E-state index is -0.485. The maximum absolute atomic E-state index is 14.4. The van der Waals surface area contributed by atoms with E-state index in [0.717, 1.165) is 28.6 Å². The topological polar surface area (TPSA) is 58.1 Å². The molecule has 2 aromatic carbocycles. The quantitative estimate of drug-likeness (QED) is 0.698. The number of carbonyl (C=O) groups excluding carboxylic acids is 1. The third kappa shape index (κ3) is 4.27. The number of benzene rings is 2. The van der Waals surface area contributed by atoms with Gasteiger partial charge >= 0.3 is 0 Å². The van der Waals surface area contributed by atoms with Gasteiger partial charge in [-0.1, -0.05) is 44.2 Å². The number of nitrogens with one attached hydrogen (secondary N) is 1. The second-order valence-corrected chi connectivity index (χ2v) is 8.08. The van der Waals surface area contributed by atoms with Gasteiger partial charge in [-0.25, -0.2) is 4.39 Å². The van der Waals surface area contributed by atoms with Crippen LogP contribution in [-0.4, -0.2) is 46.7 Å². The van der Waals surface area contributed by atoms with Gasteiger partial charge in [-0.05, 0) is 30.2 Å². The molecule has 3 aromatic rings. The summed E-state index contributed by atoms with van der Waals surface area (Å²) in [4.78, 5) is 14.5. The Kier molecular flexibility index (Phi) is 5.53. The van der Waals surface area contributed by atoms with Crippen LogP contribution in [0.15, 0.2) is 48.7 Å². The summed E-state index contributed by atoms with van der Waals surface area (Å²) in [7, 11) is 0. The van der Waals surface area contributed by atoms with Crippen LogP contribution in [0.25, 0.3) is 10.8 Å². The number of hydrogen-bond acceptors (Lipinski definition) is 4. The Hall–Kier alpha value is -2.86. The van der Waals surface area contributed by atoms with Gasteiger partial charge in [0.1, 0.15) is 5.82 Å². The van der Waals surface area contributed by atoms with Crippen LogP contribution in [0.4, 0.5) is 4.39 Å². The predicted octanol–water partition coefficient (Wildman–Crippen LogP) is 3.43. The third-order valence-corrected chi connectivity index (χ3v) is 5.26. The highest BCUT2D eigenvalue weighted by molar-refractivity contribution is 5.95. The summed E-state index contributed by atoms with van der Waals surface area (Å²) >= 11 is 0. The number of nitrogens with zero attached hydrogens (tertiary/aromatic N) is 3. The first-order chi connectivity index (χ1) is 14.0. The lowest BCUT2D eigenvalue weighted by molar-refractivity contribution is 0.0559. The first-order valence-corrected chi connectivity index (χ1v) is 10.0. The van der Waals surface area contributed by atoms with Gasteiger partial charge in [0.15, 0.2) is 0 Å². The fraction of sp³-hybridized carbons (Fsp3) is 0.348. The molecule has 150 valence electrons. The lowest BCUT2D eigenvalue weighted by Gasteiger charge is -2.40. The van der Waals surface area contributed by atoms with Crippen LogP contribution in [0.2, 0.25) is 0 Å². The molecular weight excluding hydrogens is 367 g/mol. The standard InChI is InChI=1S/C23H25FN4O/c1-15(2)11-25-18-13-28(14-18)23(29)20-9-16(7-8-21(20)24)10-22-19-6-4-3-5-17(19)12-26-27-22/h3-9,12,15,18,25H,10-11,13-14H2,1-2H3. The Labute approximate surface area is 169 Å². The van der Waals surface area contributed by atoms with Gasteiger partial charge in [0.25, 0.3) is 5.91 Å². The number of fused-ring (bicyclic) bond motifs is 1. The Morgan fingerprint density at radius 1 is 1.24 bits per heavy atom. The van der Waals surface area contributed by atoms with Crippen LogP contribution < -0.4 is 5.32 Å². The van der Waals surface area contributed by atoms with E-state index in [1.54, 1.807) is 23.2 Å². The lowest BCUT2D eigenvalue weighted by Crippen LogP contribution is -2.60. The predicted molar refractivity (Wildman–Crippen MR) is 111 cm³/mol. The number of amides is 1. The highest BCUT2D eigenvalue weighted by atomic mass is 19.1. The van der Waals surface area contributed by atoms with Crippen LogP contribution in [0.1, 0.15) is 35.5 Å². The smallest absolute Gasteiger partial charge is 0.256 e. The SMILES string of the molecule is CC(C)CNC1CN(C(=O)c2cc(Cc3nncc4ccccc34)ccc2F)C1. The summed E-state index contributed by atoms with van der Waals surface area (Å²) in [6, 6.07) is 12.9. The van der Waals surface area contributed by atoms with Crippen molar-refractivity contribution in [1.29, 1.82) is 0 Å². The van der Waals surface area contributed by atoms with E-state index in [9.17, 15) is 9.18 Å². The minimum Gasteiger partial charge on any atom is -0.335 e. The lowest BCUT2D eigenvalue weighted by atomic mass is 10.0. The van der Waals surface area contributed by atoms with Gasteiger partial charge in [-0.2, -0.15) is 10.2 Å². The Bertz CT molecular complexity index is 1030.